The zero-order valence-electron chi connectivity index (χ0n) is 8.58. The van der Waals surface area contributed by atoms with E-state index >= 15 is 0 Å². The average molecular weight is 185 g/mol. The molecule has 1 saturated heterocycles. The Kier molecular flexibility index (Phi) is 4.22. The molecule has 13 heavy (non-hydrogen) atoms. The second-order valence-corrected chi connectivity index (χ2v) is 3.67. The van der Waals surface area contributed by atoms with Gasteiger partial charge in [0, 0.05) is 13.0 Å². The first-order chi connectivity index (χ1) is 6.24. The van der Waals surface area contributed by atoms with E-state index in [1.807, 2.05) is 14.0 Å². The minimum atomic E-state index is -0.0544. The minimum absolute atomic E-state index is 0.0350. The number of hydrogen-bond acceptors (Lipinski definition) is 3. The van der Waals surface area contributed by atoms with E-state index in [9.17, 15) is 4.79 Å². The molecule has 1 aliphatic rings. The number of nitrogens with zero attached hydrogens (tertiary/aromatic N) is 1. The minimum Gasteiger partial charge on any atom is -0.446 e. The third-order valence-corrected chi connectivity index (χ3v) is 2.43. The Morgan fingerprint density at radius 2 is 2.31 bits per heavy atom. The van der Waals surface area contributed by atoms with Crippen LogP contribution in [-0.2, 0) is 9.53 Å². The summed E-state index contributed by atoms with van der Waals surface area (Å²) in [5.41, 5.74) is 0. The molecule has 1 atom stereocenters. The Morgan fingerprint density at radius 3 is 2.92 bits per heavy atom. The quantitative estimate of drug-likeness (QED) is 0.628. The number of likely N-dealkylation sites (tertiary alicyclic amines) is 1. The van der Waals surface area contributed by atoms with E-state index in [1.54, 1.807) is 0 Å². The number of hydrogen-bond donors (Lipinski definition) is 0. The highest BCUT2D eigenvalue weighted by molar-refractivity contribution is 5.69. The molecule has 0 radical (unpaired) electrons. The molecule has 0 bridgehead atoms. The van der Waals surface area contributed by atoms with Crippen LogP contribution in [0.5, 0.6) is 0 Å². The number of ether oxygens (including phenoxy) is 1. The van der Waals surface area contributed by atoms with Gasteiger partial charge in [0.25, 0.3) is 0 Å². The smallest absolute Gasteiger partial charge is 0.307 e. The predicted molar refractivity (Wildman–Crippen MR) is 51.3 cm³/mol. The maximum atomic E-state index is 11.2. The first kappa shape index (κ1) is 10.5. The Bertz CT molecular complexity index is 170. The van der Waals surface area contributed by atoms with Crippen LogP contribution in [0.4, 0.5) is 0 Å². The number of carbonyl (C=O) groups excluding carboxylic acids is 1. The summed E-state index contributed by atoms with van der Waals surface area (Å²) >= 11 is 0. The second-order valence-electron chi connectivity index (χ2n) is 3.67. The molecule has 3 heteroatoms. The van der Waals surface area contributed by atoms with E-state index in [1.165, 1.54) is 12.8 Å². The fraction of sp³-hybridized carbons (Fsp3) is 0.900. The van der Waals surface area contributed by atoms with Crippen LogP contribution < -0.4 is 0 Å². The molecule has 1 heterocycles. The van der Waals surface area contributed by atoms with E-state index in [4.69, 9.17) is 4.74 Å². The van der Waals surface area contributed by atoms with Crippen molar-refractivity contribution >= 4 is 5.97 Å². The summed E-state index contributed by atoms with van der Waals surface area (Å²) in [4.78, 5) is 13.3. The topological polar surface area (TPSA) is 29.5 Å². The molecule has 1 aliphatic heterocycles. The van der Waals surface area contributed by atoms with Crippen molar-refractivity contribution in [3.05, 3.63) is 0 Å². The molecule has 0 aromatic carbocycles. The Hall–Kier alpha value is -0.570. The van der Waals surface area contributed by atoms with Gasteiger partial charge in [-0.3, -0.25) is 9.69 Å². The first-order valence-corrected chi connectivity index (χ1v) is 5.13. The van der Waals surface area contributed by atoms with Gasteiger partial charge < -0.3 is 4.74 Å². The monoisotopic (exact) mass is 185 g/mol. The summed E-state index contributed by atoms with van der Waals surface area (Å²) in [6.45, 7) is 3.04. The van der Waals surface area contributed by atoms with E-state index < -0.39 is 0 Å². The maximum Gasteiger partial charge on any atom is 0.307 e. The van der Waals surface area contributed by atoms with Gasteiger partial charge in [-0.25, -0.2) is 0 Å². The molecule has 0 aromatic heterocycles. The molecule has 0 spiro atoms. The SMILES string of the molecule is CCCC(=O)OC1CCCCN1C. The summed E-state index contributed by atoms with van der Waals surface area (Å²) in [6, 6.07) is 0. The molecular formula is C10H19NO2. The van der Waals surface area contributed by atoms with Gasteiger partial charge in [-0.1, -0.05) is 6.92 Å². The highest BCUT2D eigenvalue weighted by Crippen LogP contribution is 2.16. The molecular weight excluding hydrogens is 166 g/mol. The molecule has 76 valence electrons. The van der Waals surface area contributed by atoms with Crippen LogP contribution in [0.3, 0.4) is 0 Å². The summed E-state index contributed by atoms with van der Waals surface area (Å²) in [5.74, 6) is -0.0544. The van der Waals surface area contributed by atoms with Gasteiger partial charge in [0.15, 0.2) is 6.23 Å². The largest absolute Gasteiger partial charge is 0.446 e. The van der Waals surface area contributed by atoms with Crippen molar-refractivity contribution in [3.8, 4) is 0 Å². The molecule has 0 saturated carbocycles. The van der Waals surface area contributed by atoms with Crippen LogP contribution in [0.15, 0.2) is 0 Å². The van der Waals surface area contributed by atoms with Gasteiger partial charge in [-0.2, -0.15) is 0 Å². The fourth-order valence-corrected chi connectivity index (χ4v) is 1.61. The summed E-state index contributed by atoms with van der Waals surface area (Å²) in [5, 5.41) is 0. The predicted octanol–water partition coefficient (Wildman–Crippen LogP) is 1.77. The average Bonchev–Trinajstić information content (AvgIpc) is 2.09. The fourth-order valence-electron chi connectivity index (χ4n) is 1.61. The zero-order valence-corrected chi connectivity index (χ0v) is 8.58. The number of piperidine rings is 1. The molecule has 1 unspecified atom stereocenters. The molecule has 1 fully saturated rings. The molecule has 1 rings (SSSR count). The Labute approximate surface area is 80.1 Å². The normalized spacial score (nSPS) is 24.3. The van der Waals surface area contributed by atoms with Crippen molar-refractivity contribution < 1.29 is 9.53 Å². The molecule has 0 aliphatic carbocycles. The van der Waals surface area contributed by atoms with Gasteiger partial charge >= 0.3 is 5.97 Å². The van der Waals surface area contributed by atoms with E-state index in [2.05, 4.69) is 4.90 Å². The van der Waals surface area contributed by atoms with Gasteiger partial charge in [0.2, 0.25) is 0 Å². The summed E-state index contributed by atoms with van der Waals surface area (Å²) in [6.07, 6.45) is 4.84. The highest BCUT2D eigenvalue weighted by Gasteiger charge is 2.21. The lowest BCUT2D eigenvalue weighted by molar-refractivity contribution is -0.160. The van der Waals surface area contributed by atoms with Crippen LogP contribution in [0.25, 0.3) is 0 Å². The van der Waals surface area contributed by atoms with Crippen LogP contribution in [-0.4, -0.2) is 30.7 Å². The van der Waals surface area contributed by atoms with Gasteiger partial charge in [-0.05, 0) is 32.7 Å². The highest BCUT2D eigenvalue weighted by atomic mass is 16.6. The Morgan fingerprint density at radius 1 is 1.54 bits per heavy atom. The van der Waals surface area contributed by atoms with Crippen molar-refractivity contribution in [2.45, 2.75) is 45.3 Å². The molecule has 0 aromatic rings. The maximum absolute atomic E-state index is 11.2. The van der Waals surface area contributed by atoms with Crippen LogP contribution >= 0.6 is 0 Å². The van der Waals surface area contributed by atoms with Gasteiger partial charge in [0.05, 0.1) is 0 Å². The van der Waals surface area contributed by atoms with Crippen molar-refractivity contribution in [2.24, 2.45) is 0 Å². The summed E-state index contributed by atoms with van der Waals surface area (Å²) in [7, 11) is 2.02. The van der Waals surface area contributed by atoms with Crippen LogP contribution in [0.1, 0.15) is 39.0 Å². The van der Waals surface area contributed by atoms with Crippen LogP contribution in [0.2, 0.25) is 0 Å². The third-order valence-electron chi connectivity index (χ3n) is 2.43. The van der Waals surface area contributed by atoms with E-state index in [0.29, 0.717) is 6.42 Å². The van der Waals surface area contributed by atoms with Crippen molar-refractivity contribution in [3.63, 3.8) is 0 Å². The van der Waals surface area contributed by atoms with E-state index in [-0.39, 0.29) is 12.2 Å². The molecule has 0 amide bonds. The van der Waals surface area contributed by atoms with Crippen LogP contribution in [0, 0.1) is 0 Å². The van der Waals surface area contributed by atoms with Crippen molar-refractivity contribution in [2.75, 3.05) is 13.6 Å². The number of esters is 1. The number of rotatable bonds is 3. The van der Waals surface area contributed by atoms with Gasteiger partial charge in [-0.15, -0.1) is 0 Å². The van der Waals surface area contributed by atoms with Crippen molar-refractivity contribution in [1.29, 1.82) is 0 Å². The second kappa shape index (κ2) is 5.22. The standard InChI is InChI=1S/C10H19NO2/c1-3-6-10(12)13-9-7-4-5-8-11(9)2/h9H,3-8H2,1-2H3. The lowest BCUT2D eigenvalue weighted by atomic mass is 10.1. The lowest BCUT2D eigenvalue weighted by Gasteiger charge is -2.31. The van der Waals surface area contributed by atoms with Gasteiger partial charge in [0.1, 0.15) is 0 Å². The number of carbonyl (C=O) groups is 1. The molecule has 3 nitrogen and oxygen atoms in total. The zero-order chi connectivity index (χ0) is 9.68. The summed E-state index contributed by atoms with van der Waals surface area (Å²) < 4.78 is 5.33. The molecule has 0 N–H and O–H groups in total. The Balaban J connectivity index is 2.29. The van der Waals surface area contributed by atoms with E-state index in [0.717, 1.165) is 19.4 Å². The first-order valence-electron chi connectivity index (χ1n) is 5.13. The van der Waals surface area contributed by atoms with Crippen molar-refractivity contribution in [1.82, 2.24) is 4.90 Å². The lowest BCUT2D eigenvalue weighted by Crippen LogP contribution is -2.39. The third kappa shape index (κ3) is 3.35.